The minimum absolute atomic E-state index is 0.0384. The molecule has 0 aliphatic heterocycles. The third-order valence-electron chi connectivity index (χ3n) is 3.97. The van der Waals surface area contributed by atoms with Gasteiger partial charge in [0.2, 0.25) is 15.1 Å². The maximum Gasteiger partial charge on any atom is 0.324 e. The number of hydrogen-bond acceptors (Lipinski definition) is 8. The highest BCUT2D eigenvalue weighted by atomic mass is 32.2. The zero-order chi connectivity index (χ0) is 22.4. The normalized spacial score (nSPS) is 13.3. The van der Waals surface area contributed by atoms with Crippen LogP contribution in [0.4, 0.5) is 0 Å². The van der Waals surface area contributed by atoms with Gasteiger partial charge in [0.25, 0.3) is 10.0 Å². The average molecular weight is 477 g/mol. The van der Waals surface area contributed by atoms with E-state index >= 15 is 0 Å². The molecule has 0 spiro atoms. The van der Waals surface area contributed by atoms with Gasteiger partial charge in [-0.2, -0.15) is 16.5 Å². The highest BCUT2D eigenvalue weighted by Crippen LogP contribution is 2.18. The molecule has 9 nitrogen and oxygen atoms in total. The van der Waals surface area contributed by atoms with Crippen molar-refractivity contribution in [2.45, 2.75) is 29.1 Å². The van der Waals surface area contributed by atoms with Crippen molar-refractivity contribution in [1.29, 1.82) is 0 Å². The van der Waals surface area contributed by atoms with Crippen LogP contribution in [0.25, 0.3) is 0 Å². The summed E-state index contributed by atoms with van der Waals surface area (Å²) in [7, 11) is -4.92. The lowest BCUT2D eigenvalue weighted by Gasteiger charge is -2.17. The van der Waals surface area contributed by atoms with Gasteiger partial charge in [-0.1, -0.05) is 18.2 Å². The van der Waals surface area contributed by atoms with Crippen molar-refractivity contribution in [3.8, 4) is 0 Å². The second-order valence-electron chi connectivity index (χ2n) is 6.38. The fourth-order valence-electron chi connectivity index (χ4n) is 2.31. The lowest BCUT2D eigenvalue weighted by Crippen LogP contribution is -2.42. The van der Waals surface area contributed by atoms with Crippen LogP contribution in [0.3, 0.4) is 0 Å². The summed E-state index contributed by atoms with van der Waals surface area (Å²) in [5.74, 6) is -0.126. The molecule has 12 heteroatoms. The van der Waals surface area contributed by atoms with Gasteiger partial charge < -0.3 is 9.15 Å². The summed E-state index contributed by atoms with van der Waals surface area (Å²) in [5, 5.41) is -0.276. The third-order valence-corrected chi connectivity index (χ3v) is 7.80. The molecule has 0 saturated heterocycles. The van der Waals surface area contributed by atoms with Gasteiger partial charge in [-0.3, -0.25) is 4.79 Å². The second-order valence-corrected chi connectivity index (χ2v) is 11.2. The number of hydrogen-bond donors (Lipinski definition) is 1. The van der Waals surface area contributed by atoms with Crippen LogP contribution in [0.2, 0.25) is 0 Å². The van der Waals surface area contributed by atoms with Crippen LogP contribution in [0.5, 0.6) is 0 Å². The van der Waals surface area contributed by atoms with Crippen LogP contribution < -0.4 is 4.72 Å². The first-order valence-corrected chi connectivity index (χ1v) is 13.1. The molecule has 1 heterocycles. The molecule has 1 atom stereocenters. The third kappa shape index (κ3) is 6.32. The molecular weight excluding hydrogens is 452 g/mol. The quantitative estimate of drug-likeness (QED) is 0.486. The molecule has 1 aromatic carbocycles. The second kappa shape index (κ2) is 10.4. The zero-order valence-electron chi connectivity index (χ0n) is 16.8. The monoisotopic (exact) mass is 476 g/mol. The van der Waals surface area contributed by atoms with Gasteiger partial charge >= 0.3 is 5.97 Å². The Morgan fingerprint density at radius 2 is 1.80 bits per heavy atom. The van der Waals surface area contributed by atoms with Crippen LogP contribution in [0.15, 0.2) is 56.9 Å². The van der Waals surface area contributed by atoms with Crippen molar-refractivity contribution in [1.82, 2.24) is 9.03 Å². The van der Waals surface area contributed by atoms with E-state index in [9.17, 15) is 21.6 Å². The molecule has 1 N–H and O–H groups in total. The zero-order valence-corrected chi connectivity index (χ0v) is 19.2. The topological polar surface area (TPSA) is 123 Å². The summed E-state index contributed by atoms with van der Waals surface area (Å²) in [6.45, 7) is -0.329. The standard InChI is InChI=1S/C18H24N2O7S3/c1-20(2)30(24,25)17-10-9-14(27-17)13-26-18(21)16(11-12-28-3)19-29(22,23)15-7-5-4-6-8-15/h4-10,16,19H,11-13H2,1-3H3. The van der Waals surface area contributed by atoms with E-state index in [1.807, 2.05) is 6.26 Å². The number of benzene rings is 1. The molecule has 2 rings (SSSR count). The van der Waals surface area contributed by atoms with Crippen LogP contribution in [-0.2, 0) is 36.2 Å². The number of rotatable bonds is 11. The first-order chi connectivity index (χ1) is 14.1. The van der Waals surface area contributed by atoms with E-state index in [1.54, 1.807) is 18.2 Å². The number of esters is 1. The predicted octanol–water partition coefficient (Wildman–Crippen LogP) is 1.67. The molecule has 0 amide bonds. The van der Waals surface area contributed by atoms with Gasteiger partial charge in [0, 0.05) is 14.1 Å². The first-order valence-electron chi connectivity index (χ1n) is 8.82. The molecule has 0 aliphatic rings. The predicted molar refractivity (Wildman–Crippen MR) is 113 cm³/mol. The Morgan fingerprint density at radius 1 is 1.13 bits per heavy atom. The minimum atomic E-state index is -3.91. The molecule has 0 fully saturated rings. The lowest BCUT2D eigenvalue weighted by atomic mass is 10.2. The van der Waals surface area contributed by atoms with Crippen molar-refractivity contribution in [2.75, 3.05) is 26.1 Å². The number of carbonyl (C=O) groups excluding carboxylic acids is 1. The van der Waals surface area contributed by atoms with E-state index in [2.05, 4.69) is 4.72 Å². The van der Waals surface area contributed by atoms with E-state index in [-0.39, 0.29) is 28.8 Å². The number of sulfonamides is 2. The van der Waals surface area contributed by atoms with Crippen molar-refractivity contribution in [3.05, 3.63) is 48.2 Å². The molecular formula is C18H24N2O7S3. The Labute approximate surface area is 180 Å². The van der Waals surface area contributed by atoms with Gasteiger partial charge in [-0.15, -0.1) is 0 Å². The molecule has 2 aromatic rings. The molecule has 0 aliphatic carbocycles. The Hall–Kier alpha value is -1.86. The largest absolute Gasteiger partial charge is 0.456 e. The van der Waals surface area contributed by atoms with Crippen molar-refractivity contribution >= 4 is 37.8 Å². The van der Waals surface area contributed by atoms with Crippen LogP contribution in [-0.4, -0.2) is 59.3 Å². The van der Waals surface area contributed by atoms with E-state index in [0.717, 1.165) is 4.31 Å². The maximum atomic E-state index is 12.5. The number of furan rings is 1. The summed E-state index contributed by atoms with van der Waals surface area (Å²) < 4.78 is 63.0. The lowest BCUT2D eigenvalue weighted by molar-refractivity contribution is -0.147. The van der Waals surface area contributed by atoms with E-state index < -0.39 is 32.1 Å². The number of carbonyl (C=O) groups is 1. The van der Waals surface area contributed by atoms with E-state index in [1.165, 1.54) is 50.1 Å². The van der Waals surface area contributed by atoms with Gasteiger partial charge in [0.05, 0.1) is 4.90 Å². The number of ether oxygens (including phenoxy) is 1. The van der Waals surface area contributed by atoms with Gasteiger partial charge in [0.1, 0.15) is 18.4 Å². The van der Waals surface area contributed by atoms with E-state index in [4.69, 9.17) is 9.15 Å². The summed E-state index contributed by atoms with van der Waals surface area (Å²) >= 11 is 1.46. The number of thioether (sulfide) groups is 1. The Bertz CT molecular complexity index is 1050. The summed E-state index contributed by atoms with van der Waals surface area (Å²) in [5.41, 5.74) is 0. The molecule has 30 heavy (non-hydrogen) atoms. The van der Waals surface area contributed by atoms with Crippen molar-refractivity contribution in [2.24, 2.45) is 0 Å². The smallest absolute Gasteiger partial charge is 0.324 e. The van der Waals surface area contributed by atoms with Crippen LogP contribution in [0, 0.1) is 0 Å². The highest BCUT2D eigenvalue weighted by Gasteiger charge is 2.27. The van der Waals surface area contributed by atoms with Gasteiger partial charge in [0.15, 0.2) is 0 Å². The SMILES string of the molecule is CSCCC(NS(=O)(=O)c1ccccc1)C(=O)OCc1ccc(S(=O)(=O)N(C)C)o1. The molecule has 166 valence electrons. The Balaban J connectivity index is 2.08. The highest BCUT2D eigenvalue weighted by molar-refractivity contribution is 7.98. The number of nitrogens with one attached hydrogen (secondary N) is 1. The number of nitrogens with zero attached hydrogens (tertiary/aromatic N) is 1. The van der Waals surface area contributed by atoms with E-state index in [0.29, 0.717) is 5.75 Å². The molecule has 0 radical (unpaired) electrons. The van der Waals surface area contributed by atoms with Gasteiger partial charge in [-0.25, -0.2) is 21.1 Å². The molecule has 0 bridgehead atoms. The molecule has 1 aromatic heterocycles. The fraction of sp³-hybridized carbons (Fsp3) is 0.389. The fourth-order valence-corrected chi connectivity index (χ4v) is 4.84. The summed E-state index contributed by atoms with van der Waals surface area (Å²) in [6.07, 6.45) is 2.06. The van der Waals surface area contributed by atoms with Gasteiger partial charge in [-0.05, 0) is 42.7 Å². The maximum absolute atomic E-state index is 12.5. The Morgan fingerprint density at radius 3 is 2.40 bits per heavy atom. The van der Waals surface area contributed by atoms with Crippen LogP contribution in [0.1, 0.15) is 12.2 Å². The Kier molecular flexibility index (Phi) is 8.50. The van der Waals surface area contributed by atoms with Crippen molar-refractivity contribution < 1.29 is 30.8 Å². The summed E-state index contributed by atoms with van der Waals surface area (Å²) in [4.78, 5) is 12.6. The van der Waals surface area contributed by atoms with Crippen LogP contribution >= 0.6 is 11.8 Å². The minimum Gasteiger partial charge on any atom is -0.456 e. The molecule has 0 saturated carbocycles. The summed E-state index contributed by atoms with van der Waals surface area (Å²) in [6, 6.07) is 9.26. The van der Waals surface area contributed by atoms with Crippen molar-refractivity contribution in [3.63, 3.8) is 0 Å². The average Bonchev–Trinajstić information content (AvgIpc) is 3.19. The molecule has 1 unspecified atom stereocenters. The first kappa shape index (κ1) is 24.4.